The molecule has 1 atom stereocenters. The number of benzene rings is 1. The summed E-state index contributed by atoms with van der Waals surface area (Å²) in [6.45, 7) is 2.95. The van der Waals surface area contributed by atoms with E-state index in [0.29, 0.717) is 6.04 Å². The maximum absolute atomic E-state index is 5.37. The van der Waals surface area contributed by atoms with Crippen LogP contribution in [0.2, 0.25) is 0 Å². The lowest BCUT2D eigenvalue weighted by Crippen LogP contribution is -2.17. The van der Waals surface area contributed by atoms with Crippen molar-refractivity contribution in [1.29, 1.82) is 0 Å². The van der Waals surface area contributed by atoms with Crippen molar-refractivity contribution in [2.45, 2.75) is 25.9 Å². The first-order chi connectivity index (χ1) is 10.3. The highest BCUT2D eigenvalue weighted by atomic mass is 16.3. The molecule has 4 nitrogen and oxygen atoms in total. The van der Waals surface area contributed by atoms with E-state index in [2.05, 4.69) is 41.6 Å². The van der Waals surface area contributed by atoms with Gasteiger partial charge in [-0.2, -0.15) is 5.10 Å². The Hall–Kier alpha value is -2.49. The van der Waals surface area contributed by atoms with Gasteiger partial charge in [0.1, 0.15) is 5.76 Å². The molecule has 2 aromatic heterocycles. The van der Waals surface area contributed by atoms with E-state index in [4.69, 9.17) is 4.42 Å². The highest BCUT2D eigenvalue weighted by Gasteiger charge is 2.05. The maximum Gasteiger partial charge on any atom is 0.105 e. The molecule has 0 radical (unpaired) electrons. The van der Waals surface area contributed by atoms with E-state index in [1.807, 2.05) is 29.1 Å². The Morgan fingerprint density at radius 3 is 2.71 bits per heavy atom. The second-order valence-corrected chi connectivity index (χ2v) is 5.23. The Morgan fingerprint density at radius 2 is 2.05 bits per heavy atom. The van der Waals surface area contributed by atoms with Crippen LogP contribution in [0.25, 0.3) is 0 Å². The molecule has 1 unspecified atom stereocenters. The lowest BCUT2D eigenvalue weighted by molar-refractivity contribution is 0.498. The largest absolute Gasteiger partial charge is 0.469 e. The predicted molar refractivity (Wildman–Crippen MR) is 83.3 cm³/mol. The lowest BCUT2D eigenvalue weighted by Gasteiger charge is -2.14. The number of aromatic nitrogens is 2. The predicted octanol–water partition coefficient (Wildman–Crippen LogP) is 3.57. The monoisotopic (exact) mass is 281 g/mol. The topological polar surface area (TPSA) is 43.0 Å². The van der Waals surface area contributed by atoms with E-state index in [0.717, 1.165) is 24.4 Å². The van der Waals surface area contributed by atoms with Crippen LogP contribution in [0.3, 0.4) is 0 Å². The summed E-state index contributed by atoms with van der Waals surface area (Å²) in [4.78, 5) is 0. The second-order valence-electron chi connectivity index (χ2n) is 5.23. The van der Waals surface area contributed by atoms with Gasteiger partial charge in [-0.25, -0.2) is 0 Å². The van der Waals surface area contributed by atoms with Gasteiger partial charge in [-0.15, -0.1) is 0 Å². The summed E-state index contributed by atoms with van der Waals surface area (Å²) in [5.74, 6) is 1.00. The first-order valence-electron chi connectivity index (χ1n) is 7.15. The Bertz CT molecular complexity index is 642. The van der Waals surface area contributed by atoms with Crippen LogP contribution in [0, 0.1) is 0 Å². The van der Waals surface area contributed by atoms with Gasteiger partial charge in [-0.05, 0) is 42.8 Å². The normalized spacial score (nSPS) is 12.2. The smallest absolute Gasteiger partial charge is 0.105 e. The molecule has 0 fully saturated rings. The van der Waals surface area contributed by atoms with Crippen molar-refractivity contribution in [2.75, 3.05) is 5.32 Å². The average molecular weight is 281 g/mol. The number of nitrogens with zero attached hydrogens (tertiary/aromatic N) is 2. The van der Waals surface area contributed by atoms with Gasteiger partial charge in [-0.3, -0.25) is 4.68 Å². The minimum absolute atomic E-state index is 0.327. The summed E-state index contributed by atoms with van der Waals surface area (Å²) in [6.07, 6.45) is 6.36. The Labute approximate surface area is 124 Å². The van der Waals surface area contributed by atoms with Crippen LogP contribution in [-0.2, 0) is 13.0 Å². The van der Waals surface area contributed by atoms with E-state index < -0.39 is 0 Å². The molecular formula is C17H19N3O. The molecule has 3 aromatic rings. The average Bonchev–Trinajstić information content (AvgIpc) is 3.14. The molecule has 1 N–H and O–H groups in total. The summed E-state index contributed by atoms with van der Waals surface area (Å²) >= 11 is 0. The van der Waals surface area contributed by atoms with Crippen molar-refractivity contribution in [1.82, 2.24) is 9.78 Å². The lowest BCUT2D eigenvalue weighted by atomic mass is 10.1. The molecule has 21 heavy (non-hydrogen) atoms. The van der Waals surface area contributed by atoms with Crippen molar-refractivity contribution in [2.24, 2.45) is 0 Å². The molecule has 4 heteroatoms. The molecule has 0 aliphatic rings. The number of hydrogen-bond donors (Lipinski definition) is 1. The molecule has 3 rings (SSSR count). The molecule has 0 spiro atoms. The van der Waals surface area contributed by atoms with Crippen molar-refractivity contribution in [3.63, 3.8) is 0 Å². The van der Waals surface area contributed by atoms with Crippen molar-refractivity contribution in [3.8, 4) is 0 Å². The summed E-state index contributed by atoms with van der Waals surface area (Å²) in [6, 6.07) is 14.7. The molecule has 0 bridgehead atoms. The number of hydrogen-bond acceptors (Lipinski definition) is 3. The fraction of sp³-hybridized carbons (Fsp3) is 0.235. The number of furan rings is 1. The molecule has 2 heterocycles. The van der Waals surface area contributed by atoms with Crippen LogP contribution in [0.5, 0.6) is 0 Å². The zero-order valence-electron chi connectivity index (χ0n) is 12.1. The van der Waals surface area contributed by atoms with Crippen LogP contribution in [0.4, 0.5) is 5.69 Å². The van der Waals surface area contributed by atoms with Crippen molar-refractivity contribution >= 4 is 5.69 Å². The highest BCUT2D eigenvalue weighted by Crippen LogP contribution is 2.13. The first kappa shape index (κ1) is 13.5. The SMILES string of the molecule is CC(Cc1ccco1)Nc1ccc(Cn2cccn2)cc1. The Kier molecular flexibility index (Phi) is 4.05. The number of nitrogens with one attached hydrogen (secondary N) is 1. The second kappa shape index (κ2) is 6.31. The Balaban J connectivity index is 1.56. The maximum atomic E-state index is 5.37. The molecule has 0 saturated carbocycles. The summed E-state index contributed by atoms with van der Waals surface area (Å²) in [7, 11) is 0. The zero-order chi connectivity index (χ0) is 14.5. The van der Waals surface area contributed by atoms with E-state index in [9.17, 15) is 0 Å². The molecule has 108 valence electrons. The zero-order valence-corrected chi connectivity index (χ0v) is 12.1. The molecule has 0 saturated heterocycles. The number of rotatable bonds is 6. The van der Waals surface area contributed by atoms with Gasteiger partial charge in [-0.1, -0.05) is 12.1 Å². The van der Waals surface area contributed by atoms with Crippen LogP contribution < -0.4 is 5.32 Å². The minimum Gasteiger partial charge on any atom is -0.469 e. The van der Waals surface area contributed by atoms with Gasteiger partial charge in [0.25, 0.3) is 0 Å². The van der Waals surface area contributed by atoms with E-state index in [-0.39, 0.29) is 0 Å². The minimum atomic E-state index is 0.327. The van der Waals surface area contributed by atoms with Crippen LogP contribution in [0.15, 0.2) is 65.5 Å². The summed E-state index contributed by atoms with van der Waals surface area (Å²) < 4.78 is 7.29. The quantitative estimate of drug-likeness (QED) is 0.751. The van der Waals surface area contributed by atoms with Gasteiger partial charge in [0, 0.05) is 30.5 Å². The van der Waals surface area contributed by atoms with Gasteiger partial charge < -0.3 is 9.73 Å². The van der Waals surface area contributed by atoms with Crippen LogP contribution in [0.1, 0.15) is 18.2 Å². The fourth-order valence-corrected chi connectivity index (χ4v) is 2.35. The third kappa shape index (κ3) is 3.75. The molecule has 0 aliphatic heterocycles. The molecule has 1 aromatic carbocycles. The highest BCUT2D eigenvalue weighted by molar-refractivity contribution is 5.45. The third-order valence-electron chi connectivity index (χ3n) is 3.36. The van der Waals surface area contributed by atoms with E-state index in [1.54, 1.807) is 12.5 Å². The van der Waals surface area contributed by atoms with Crippen molar-refractivity contribution in [3.05, 3.63) is 72.4 Å². The number of anilines is 1. The Morgan fingerprint density at radius 1 is 1.19 bits per heavy atom. The van der Waals surface area contributed by atoms with Gasteiger partial charge >= 0.3 is 0 Å². The summed E-state index contributed by atoms with van der Waals surface area (Å²) in [5.41, 5.74) is 2.36. The standard InChI is InChI=1S/C17H19N3O/c1-14(12-17-4-2-11-21-17)19-16-7-5-15(6-8-16)13-20-10-3-9-18-20/h2-11,14,19H,12-13H2,1H3. The molecule has 0 amide bonds. The van der Waals surface area contributed by atoms with Crippen molar-refractivity contribution < 1.29 is 4.42 Å². The van der Waals surface area contributed by atoms with Crippen LogP contribution >= 0.6 is 0 Å². The summed E-state index contributed by atoms with van der Waals surface area (Å²) in [5, 5.41) is 7.70. The van der Waals surface area contributed by atoms with Gasteiger partial charge in [0.15, 0.2) is 0 Å². The molecule has 0 aliphatic carbocycles. The van der Waals surface area contributed by atoms with E-state index >= 15 is 0 Å². The van der Waals surface area contributed by atoms with E-state index in [1.165, 1.54) is 5.56 Å². The van der Waals surface area contributed by atoms with Gasteiger partial charge in [0.05, 0.1) is 12.8 Å². The van der Waals surface area contributed by atoms with Gasteiger partial charge in [0.2, 0.25) is 0 Å². The third-order valence-corrected chi connectivity index (χ3v) is 3.36. The fourth-order valence-electron chi connectivity index (χ4n) is 2.35. The van der Waals surface area contributed by atoms with Crippen LogP contribution in [-0.4, -0.2) is 15.8 Å². The molecular weight excluding hydrogens is 262 g/mol. The first-order valence-corrected chi connectivity index (χ1v) is 7.15.